The summed E-state index contributed by atoms with van der Waals surface area (Å²) in [5.74, 6) is -0.440. The van der Waals surface area contributed by atoms with Crippen LogP contribution < -0.4 is 5.32 Å². The molecule has 0 saturated heterocycles. The summed E-state index contributed by atoms with van der Waals surface area (Å²) in [6.07, 6.45) is 0.422. The minimum absolute atomic E-state index is 0.0225. The molecule has 6 heteroatoms. The second-order valence-corrected chi connectivity index (χ2v) is 5.67. The zero-order valence-corrected chi connectivity index (χ0v) is 10.4. The maximum atomic E-state index is 11.6. The summed E-state index contributed by atoms with van der Waals surface area (Å²) >= 11 is 11.7. The Morgan fingerprint density at radius 3 is 2.20 bits per heavy atom. The van der Waals surface area contributed by atoms with E-state index in [9.17, 15) is 9.59 Å². The van der Waals surface area contributed by atoms with Crippen molar-refractivity contribution in [3.05, 3.63) is 0 Å². The van der Waals surface area contributed by atoms with Gasteiger partial charge in [0.25, 0.3) is 0 Å². The van der Waals surface area contributed by atoms with Gasteiger partial charge >= 0.3 is 0 Å². The third-order valence-electron chi connectivity index (χ3n) is 2.66. The van der Waals surface area contributed by atoms with Crippen LogP contribution in [-0.4, -0.2) is 41.7 Å². The average Bonchev–Trinajstić information content (AvgIpc) is 2.62. The summed E-state index contributed by atoms with van der Waals surface area (Å²) in [6, 6.07) is 0. The summed E-state index contributed by atoms with van der Waals surface area (Å²) in [5.41, 5.74) is -0.761. The SMILES string of the molecule is CN(C)C(=O)CNC(=O)[C@]1(C)CC1(Cl)Cl. The minimum Gasteiger partial charge on any atom is -0.347 e. The number of likely N-dealkylation sites (N-methyl/N-ethyl adjacent to an activating group) is 1. The monoisotopic (exact) mass is 252 g/mol. The standard InChI is InChI=1S/C9H14Cl2N2O2/c1-8(5-9(8,10)11)7(15)12-4-6(14)13(2)3/h4-5H2,1-3H3,(H,12,15)/t8-/m0/s1. The Hall–Kier alpha value is -0.480. The number of carbonyl (C=O) groups is 2. The van der Waals surface area contributed by atoms with E-state index in [1.54, 1.807) is 21.0 Å². The lowest BCUT2D eigenvalue weighted by molar-refractivity contribution is -0.132. The zero-order valence-electron chi connectivity index (χ0n) is 8.93. The summed E-state index contributed by atoms with van der Waals surface area (Å²) in [7, 11) is 3.25. The molecule has 4 nitrogen and oxygen atoms in total. The van der Waals surface area contributed by atoms with Crippen LogP contribution in [0.25, 0.3) is 0 Å². The van der Waals surface area contributed by atoms with Crippen LogP contribution in [0.2, 0.25) is 0 Å². The van der Waals surface area contributed by atoms with Crippen LogP contribution in [0.15, 0.2) is 0 Å². The van der Waals surface area contributed by atoms with Gasteiger partial charge in [0.1, 0.15) is 4.33 Å². The third-order valence-corrected chi connectivity index (χ3v) is 3.76. The normalized spacial score (nSPS) is 27.0. The van der Waals surface area contributed by atoms with Crippen molar-refractivity contribution < 1.29 is 9.59 Å². The quantitative estimate of drug-likeness (QED) is 0.755. The highest BCUT2D eigenvalue weighted by atomic mass is 35.5. The molecule has 0 unspecified atom stereocenters. The van der Waals surface area contributed by atoms with Gasteiger partial charge in [-0.05, 0) is 13.3 Å². The maximum absolute atomic E-state index is 11.6. The van der Waals surface area contributed by atoms with Gasteiger partial charge in [-0.1, -0.05) is 0 Å². The molecule has 1 fully saturated rings. The molecule has 0 heterocycles. The van der Waals surface area contributed by atoms with Crippen molar-refractivity contribution in [2.45, 2.75) is 17.7 Å². The molecule has 0 aromatic rings. The second-order valence-electron chi connectivity index (χ2n) is 4.18. The highest BCUT2D eigenvalue weighted by Crippen LogP contribution is 2.63. The molecule has 0 aromatic heterocycles. The Morgan fingerprint density at radius 2 is 1.87 bits per heavy atom. The molecule has 0 spiro atoms. The van der Waals surface area contributed by atoms with Gasteiger partial charge < -0.3 is 10.2 Å². The van der Waals surface area contributed by atoms with E-state index in [0.717, 1.165) is 0 Å². The van der Waals surface area contributed by atoms with Crippen molar-refractivity contribution in [3.8, 4) is 0 Å². The van der Waals surface area contributed by atoms with Gasteiger partial charge in [-0.3, -0.25) is 9.59 Å². The molecule has 15 heavy (non-hydrogen) atoms. The lowest BCUT2D eigenvalue weighted by Crippen LogP contribution is -2.40. The first-order valence-corrected chi connectivity index (χ1v) is 5.32. The van der Waals surface area contributed by atoms with Crippen LogP contribution >= 0.6 is 23.2 Å². The number of alkyl halides is 2. The first-order valence-electron chi connectivity index (χ1n) is 4.57. The highest BCUT2D eigenvalue weighted by Gasteiger charge is 2.67. The van der Waals surface area contributed by atoms with E-state index in [4.69, 9.17) is 23.2 Å². The Bertz CT molecular complexity index is 304. The van der Waals surface area contributed by atoms with E-state index in [0.29, 0.717) is 6.42 Å². The molecule has 1 aliphatic rings. The first kappa shape index (κ1) is 12.6. The van der Waals surface area contributed by atoms with E-state index in [2.05, 4.69) is 5.32 Å². The third kappa shape index (κ3) is 2.37. The average molecular weight is 253 g/mol. The van der Waals surface area contributed by atoms with Crippen molar-refractivity contribution in [3.63, 3.8) is 0 Å². The topological polar surface area (TPSA) is 49.4 Å². The van der Waals surface area contributed by atoms with Crippen LogP contribution in [0.4, 0.5) is 0 Å². The summed E-state index contributed by atoms with van der Waals surface area (Å²) in [4.78, 5) is 24.2. The highest BCUT2D eigenvalue weighted by molar-refractivity contribution is 6.53. The lowest BCUT2D eigenvalue weighted by atomic mass is 10.1. The van der Waals surface area contributed by atoms with Crippen molar-refractivity contribution in [1.82, 2.24) is 10.2 Å². The molecule has 1 atom stereocenters. The van der Waals surface area contributed by atoms with E-state index < -0.39 is 9.75 Å². The number of hydrogen-bond acceptors (Lipinski definition) is 2. The smallest absolute Gasteiger partial charge is 0.241 e. The Kier molecular flexibility index (Phi) is 3.22. The Labute approximate surface area is 98.9 Å². The van der Waals surface area contributed by atoms with Crippen LogP contribution in [0.5, 0.6) is 0 Å². The Morgan fingerprint density at radius 1 is 1.40 bits per heavy atom. The van der Waals surface area contributed by atoms with Gasteiger partial charge in [0.2, 0.25) is 11.8 Å². The van der Waals surface area contributed by atoms with Gasteiger partial charge in [-0.15, -0.1) is 23.2 Å². The van der Waals surface area contributed by atoms with E-state index >= 15 is 0 Å². The molecule has 1 aliphatic carbocycles. The molecule has 1 saturated carbocycles. The molecule has 0 bridgehead atoms. The van der Waals surface area contributed by atoms with Crippen molar-refractivity contribution in [2.24, 2.45) is 5.41 Å². The van der Waals surface area contributed by atoms with Crippen LogP contribution in [0.1, 0.15) is 13.3 Å². The first-order chi connectivity index (χ1) is 6.71. The van der Waals surface area contributed by atoms with Gasteiger partial charge in [-0.25, -0.2) is 0 Å². The molecular formula is C9H14Cl2N2O2. The molecule has 1 rings (SSSR count). The number of carbonyl (C=O) groups excluding carboxylic acids is 2. The van der Waals surface area contributed by atoms with Crippen LogP contribution in [-0.2, 0) is 9.59 Å². The van der Waals surface area contributed by atoms with Crippen molar-refractivity contribution in [1.29, 1.82) is 0 Å². The largest absolute Gasteiger partial charge is 0.347 e. The van der Waals surface area contributed by atoms with Crippen LogP contribution in [0.3, 0.4) is 0 Å². The molecule has 0 aliphatic heterocycles. The van der Waals surface area contributed by atoms with Crippen molar-refractivity contribution >= 4 is 35.0 Å². The molecule has 2 amide bonds. The summed E-state index contributed by atoms with van der Waals surface area (Å²) < 4.78 is -0.988. The molecule has 0 aromatic carbocycles. The predicted octanol–water partition coefficient (Wildman–Crippen LogP) is 0.775. The number of nitrogens with zero attached hydrogens (tertiary/aromatic N) is 1. The van der Waals surface area contributed by atoms with E-state index in [1.165, 1.54) is 4.90 Å². The van der Waals surface area contributed by atoms with Gasteiger partial charge in [0, 0.05) is 14.1 Å². The maximum Gasteiger partial charge on any atom is 0.241 e. The fraction of sp³-hybridized carbons (Fsp3) is 0.778. The van der Waals surface area contributed by atoms with Crippen LogP contribution in [0, 0.1) is 5.41 Å². The molecule has 86 valence electrons. The zero-order chi connectivity index (χ0) is 11.9. The lowest BCUT2D eigenvalue weighted by Gasteiger charge is -2.14. The van der Waals surface area contributed by atoms with Gasteiger partial charge in [0.15, 0.2) is 0 Å². The fourth-order valence-corrected chi connectivity index (χ4v) is 1.86. The summed E-state index contributed by atoms with van der Waals surface area (Å²) in [5, 5.41) is 2.52. The minimum atomic E-state index is -0.988. The number of amides is 2. The second kappa shape index (κ2) is 3.83. The van der Waals surface area contributed by atoms with E-state index in [-0.39, 0.29) is 18.4 Å². The Balaban J connectivity index is 2.42. The molecule has 0 radical (unpaired) electrons. The van der Waals surface area contributed by atoms with Gasteiger partial charge in [0.05, 0.1) is 12.0 Å². The molecule has 1 N–H and O–H groups in total. The van der Waals surface area contributed by atoms with Gasteiger partial charge in [-0.2, -0.15) is 0 Å². The number of hydrogen-bond donors (Lipinski definition) is 1. The van der Waals surface area contributed by atoms with Crippen molar-refractivity contribution in [2.75, 3.05) is 20.6 Å². The molecular weight excluding hydrogens is 239 g/mol. The predicted molar refractivity (Wildman–Crippen MR) is 58.9 cm³/mol. The summed E-state index contributed by atoms with van der Waals surface area (Å²) in [6.45, 7) is 1.66. The fourth-order valence-electron chi connectivity index (χ4n) is 1.16. The number of rotatable bonds is 3. The number of halogens is 2. The number of nitrogens with one attached hydrogen (secondary N) is 1. The van der Waals surface area contributed by atoms with E-state index in [1.807, 2.05) is 0 Å².